The maximum absolute atomic E-state index is 11.1. The van der Waals surface area contributed by atoms with Crippen LogP contribution in [-0.2, 0) is 19.0 Å². The quantitative estimate of drug-likeness (QED) is 0.446. The molecule has 0 amide bonds. The predicted molar refractivity (Wildman–Crippen MR) is 56.5 cm³/mol. The highest BCUT2D eigenvalue weighted by Gasteiger charge is 2.11. The number of hydrogen-bond donors (Lipinski definition) is 1. The van der Waals surface area contributed by atoms with E-state index in [-0.39, 0.29) is 12.6 Å². The smallest absolute Gasteiger partial charge is 0.322 e. The van der Waals surface area contributed by atoms with Crippen molar-refractivity contribution in [1.29, 1.82) is 0 Å². The standard InChI is InChI=1S/C10H21NO4/c1-3-9(11)10(12)15-8-7-14-6-4-5-13-2/h9H,3-8,11H2,1-2H3/t9-/m1/s1. The topological polar surface area (TPSA) is 70.8 Å². The lowest BCUT2D eigenvalue weighted by Crippen LogP contribution is -2.32. The van der Waals surface area contributed by atoms with Crippen LogP contribution >= 0.6 is 0 Å². The highest BCUT2D eigenvalue weighted by Crippen LogP contribution is 1.91. The molecule has 0 radical (unpaired) electrons. The summed E-state index contributed by atoms with van der Waals surface area (Å²) in [5.74, 6) is -0.363. The van der Waals surface area contributed by atoms with Crippen LogP contribution in [0.25, 0.3) is 0 Å². The van der Waals surface area contributed by atoms with E-state index in [1.807, 2.05) is 6.92 Å². The van der Waals surface area contributed by atoms with Crippen molar-refractivity contribution >= 4 is 5.97 Å². The first-order chi connectivity index (χ1) is 7.22. The van der Waals surface area contributed by atoms with E-state index in [1.54, 1.807) is 7.11 Å². The fraction of sp³-hybridized carbons (Fsp3) is 0.900. The Balaban J connectivity index is 3.20. The van der Waals surface area contributed by atoms with Gasteiger partial charge in [-0.2, -0.15) is 0 Å². The zero-order chi connectivity index (χ0) is 11.5. The number of carbonyl (C=O) groups excluding carboxylic acids is 1. The molecule has 90 valence electrons. The molecule has 5 heteroatoms. The largest absolute Gasteiger partial charge is 0.462 e. The first-order valence-corrected chi connectivity index (χ1v) is 5.21. The number of carbonyl (C=O) groups is 1. The summed E-state index contributed by atoms with van der Waals surface area (Å²) in [7, 11) is 1.65. The Kier molecular flexibility index (Phi) is 9.46. The molecular weight excluding hydrogens is 198 g/mol. The monoisotopic (exact) mass is 219 g/mol. The van der Waals surface area contributed by atoms with Crippen LogP contribution < -0.4 is 5.73 Å². The molecule has 0 aromatic rings. The average Bonchev–Trinajstić information content (AvgIpc) is 2.26. The number of esters is 1. The van der Waals surface area contributed by atoms with Gasteiger partial charge >= 0.3 is 5.97 Å². The van der Waals surface area contributed by atoms with Crippen LogP contribution in [0, 0.1) is 0 Å². The van der Waals surface area contributed by atoms with Crippen molar-refractivity contribution in [3.8, 4) is 0 Å². The summed E-state index contributed by atoms with van der Waals surface area (Å²) in [4.78, 5) is 11.1. The summed E-state index contributed by atoms with van der Waals surface area (Å²) in [5, 5.41) is 0. The van der Waals surface area contributed by atoms with E-state index < -0.39 is 6.04 Å². The Morgan fingerprint density at radius 3 is 2.60 bits per heavy atom. The molecule has 0 aliphatic carbocycles. The molecule has 5 nitrogen and oxygen atoms in total. The van der Waals surface area contributed by atoms with Gasteiger partial charge in [0.1, 0.15) is 12.6 Å². The predicted octanol–water partition coefficient (Wildman–Crippen LogP) is 0.320. The van der Waals surface area contributed by atoms with Gasteiger partial charge in [0.2, 0.25) is 0 Å². The highest BCUT2D eigenvalue weighted by atomic mass is 16.6. The molecule has 0 unspecified atom stereocenters. The van der Waals surface area contributed by atoms with E-state index in [9.17, 15) is 4.79 Å². The molecule has 0 saturated carbocycles. The van der Waals surface area contributed by atoms with E-state index in [0.29, 0.717) is 26.2 Å². The molecule has 0 bridgehead atoms. The Morgan fingerprint density at radius 2 is 2.00 bits per heavy atom. The molecule has 2 N–H and O–H groups in total. The first kappa shape index (κ1) is 14.3. The van der Waals surface area contributed by atoms with E-state index in [4.69, 9.17) is 19.9 Å². The van der Waals surface area contributed by atoms with E-state index in [0.717, 1.165) is 6.42 Å². The number of rotatable bonds is 9. The number of hydrogen-bond acceptors (Lipinski definition) is 5. The maximum atomic E-state index is 11.1. The summed E-state index contributed by atoms with van der Waals surface area (Å²) >= 11 is 0. The van der Waals surface area contributed by atoms with Crippen molar-refractivity contribution in [2.75, 3.05) is 33.5 Å². The third-order valence-corrected chi connectivity index (χ3v) is 1.85. The highest BCUT2D eigenvalue weighted by molar-refractivity contribution is 5.75. The molecular formula is C10H21NO4. The SMILES string of the molecule is CC[C@@H](N)C(=O)OCCOCCCOC. The van der Waals surface area contributed by atoms with E-state index in [1.165, 1.54) is 0 Å². The van der Waals surface area contributed by atoms with Gasteiger partial charge in [-0.1, -0.05) is 6.92 Å². The molecule has 0 aromatic heterocycles. The summed E-state index contributed by atoms with van der Waals surface area (Å²) < 4.78 is 14.9. The lowest BCUT2D eigenvalue weighted by Gasteiger charge is -2.09. The zero-order valence-corrected chi connectivity index (χ0v) is 9.53. The van der Waals surface area contributed by atoms with Gasteiger partial charge in [-0.25, -0.2) is 0 Å². The normalized spacial score (nSPS) is 12.5. The van der Waals surface area contributed by atoms with Crippen LogP contribution in [0.1, 0.15) is 19.8 Å². The molecule has 0 heterocycles. The van der Waals surface area contributed by atoms with Crippen LogP contribution in [0.2, 0.25) is 0 Å². The average molecular weight is 219 g/mol. The second kappa shape index (κ2) is 9.89. The molecule has 1 atom stereocenters. The van der Waals surface area contributed by atoms with Gasteiger partial charge in [-0.05, 0) is 12.8 Å². The van der Waals surface area contributed by atoms with Crippen LogP contribution in [0.15, 0.2) is 0 Å². The van der Waals surface area contributed by atoms with Crippen molar-refractivity contribution in [2.45, 2.75) is 25.8 Å². The van der Waals surface area contributed by atoms with Crippen molar-refractivity contribution in [3.63, 3.8) is 0 Å². The van der Waals surface area contributed by atoms with Crippen LogP contribution in [-0.4, -0.2) is 45.5 Å². The third-order valence-electron chi connectivity index (χ3n) is 1.85. The third kappa shape index (κ3) is 8.35. The fourth-order valence-corrected chi connectivity index (χ4v) is 0.882. The number of nitrogens with two attached hydrogens (primary N) is 1. The van der Waals surface area contributed by atoms with Crippen LogP contribution in [0.4, 0.5) is 0 Å². The second-order valence-electron chi connectivity index (χ2n) is 3.14. The Morgan fingerprint density at radius 1 is 1.27 bits per heavy atom. The van der Waals surface area contributed by atoms with Gasteiger partial charge in [-0.15, -0.1) is 0 Å². The summed E-state index contributed by atoms with van der Waals surface area (Å²) in [5.41, 5.74) is 5.47. The van der Waals surface area contributed by atoms with Gasteiger partial charge in [0, 0.05) is 20.3 Å². The van der Waals surface area contributed by atoms with Crippen molar-refractivity contribution < 1.29 is 19.0 Å². The second-order valence-corrected chi connectivity index (χ2v) is 3.14. The fourth-order valence-electron chi connectivity index (χ4n) is 0.882. The summed E-state index contributed by atoms with van der Waals surface area (Å²) in [6.45, 7) is 3.81. The Hall–Kier alpha value is -0.650. The minimum absolute atomic E-state index is 0.263. The van der Waals surface area contributed by atoms with Crippen LogP contribution in [0.5, 0.6) is 0 Å². The number of methoxy groups -OCH3 is 1. The molecule has 0 rings (SSSR count). The summed E-state index contributed by atoms with van der Waals surface area (Å²) in [6, 6.07) is -0.515. The lowest BCUT2D eigenvalue weighted by atomic mass is 10.2. The van der Waals surface area contributed by atoms with Gasteiger partial charge in [0.05, 0.1) is 6.61 Å². The van der Waals surface area contributed by atoms with Gasteiger partial charge in [-0.3, -0.25) is 4.79 Å². The Bertz CT molecular complexity index is 164. The van der Waals surface area contributed by atoms with Crippen LogP contribution in [0.3, 0.4) is 0 Å². The minimum atomic E-state index is -0.515. The van der Waals surface area contributed by atoms with Gasteiger partial charge in [0.15, 0.2) is 0 Å². The van der Waals surface area contributed by atoms with Crippen molar-refractivity contribution in [2.24, 2.45) is 5.73 Å². The molecule has 0 aliphatic rings. The zero-order valence-electron chi connectivity index (χ0n) is 9.53. The van der Waals surface area contributed by atoms with Gasteiger partial charge < -0.3 is 19.9 Å². The Labute approximate surface area is 90.9 Å². The van der Waals surface area contributed by atoms with Gasteiger partial charge in [0.25, 0.3) is 0 Å². The minimum Gasteiger partial charge on any atom is -0.462 e. The first-order valence-electron chi connectivity index (χ1n) is 5.21. The van der Waals surface area contributed by atoms with Crippen molar-refractivity contribution in [3.05, 3.63) is 0 Å². The van der Waals surface area contributed by atoms with Crippen molar-refractivity contribution in [1.82, 2.24) is 0 Å². The number of ether oxygens (including phenoxy) is 3. The molecule has 0 aromatic carbocycles. The molecule has 0 spiro atoms. The maximum Gasteiger partial charge on any atom is 0.322 e. The molecule has 0 fully saturated rings. The van der Waals surface area contributed by atoms with E-state index >= 15 is 0 Å². The molecule has 0 aliphatic heterocycles. The lowest BCUT2D eigenvalue weighted by molar-refractivity contribution is -0.146. The molecule has 0 saturated heterocycles. The summed E-state index contributed by atoms with van der Waals surface area (Å²) in [6.07, 6.45) is 1.44. The van der Waals surface area contributed by atoms with E-state index in [2.05, 4.69) is 0 Å². The molecule has 15 heavy (non-hydrogen) atoms.